The molecule has 4 aliphatic rings. The molecule has 0 N–H and O–H groups in total. The van der Waals surface area contributed by atoms with Gasteiger partial charge in [-0.2, -0.15) is 0 Å². The van der Waals surface area contributed by atoms with Gasteiger partial charge >= 0.3 is 190 Å². The molecule has 160 valence electrons. The minimum atomic E-state index is -1.15. The number of hydrogen-bond acceptors (Lipinski definition) is 0. The molecule has 2 aromatic rings. The number of allylic oxidation sites excluding steroid dienone is 2. The Morgan fingerprint density at radius 2 is 1.03 bits per heavy atom. The minimum Gasteiger partial charge on any atom is -1.00 e. The molecule has 2 aliphatic carbocycles. The van der Waals surface area contributed by atoms with Gasteiger partial charge in [-0.1, -0.05) is 0 Å². The fraction of sp³-hybridized carbons (Fsp3) is 0.385. The van der Waals surface area contributed by atoms with Crippen LogP contribution in [0.1, 0.15) is 42.3 Å². The van der Waals surface area contributed by atoms with Crippen LogP contribution in [0.5, 0.6) is 0 Å². The van der Waals surface area contributed by atoms with Crippen LogP contribution in [0.3, 0.4) is 0 Å². The first-order valence-corrected chi connectivity index (χ1v) is 20.1. The summed E-state index contributed by atoms with van der Waals surface area (Å²) in [5.74, 6) is 0. The summed E-state index contributed by atoms with van der Waals surface area (Å²) >= 11 is -0.693. The van der Waals surface area contributed by atoms with Gasteiger partial charge in [-0.3, -0.25) is 0 Å². The molecule has 0 spiro atoms. The van der Waals surface area contributed by atoms with Crippen LogP contribution in [0, 0.1) is 0 Å². The molecule has 0 aromatic heterocycles. The van der Waals surface area contributed by atoms with E-state index >= 15 is 0 Å². The van der Waals surface area contributed by atoms with Crippen LogP contribution in [-0.2, 0) is 23.2 Å². The average Bonchev–Trinajstić information content (AvgIpc) is 3.24. The Morgan fingerprint density at radius 3 is 1.39 bits per heavy atom. The number of hydrogen-bond donors (Lipinski definition) is 0. The van der Waals surface area contributed by atoms with Crippen molar-refractivity contribution in [2.24, 2.45) is 0 Å². The third kappa shape index (κ3) is 3.81. The molecule has 0 saturated carbocycles. The van der Waals surface area contributed by atoms with Crippen molar-refractivity contribution >= 4 is 28.3 Å². The van der Waals surface area contributed by atoms with Crippen LogP contribution >= 0.6 is 0 Å². The van der Waals surface area contributed by atoms with Crippen LogP contribution in [0.25, 0.3) is 12.2 Å². The van der Waals surface area contributed by atoms with E-state index in [-0.39, 0.29) is 24.8 Å². The molecular formula is C26H30Cl2Si2Zr. The zero-order valence-electron chi connectivity index (χ0n) is 18.4. The fourth-order valence-corrected chi connectivity index (χ4v) is 23.3. The zero-order valence-corrected chi connectivity index (χ0v) is 24.4. The molecule has 0 radical (unpaired) electrons. The first-order chi connectivity index (χ1) is 14.1. The third-order valence-electron chi connectivity index (χ3n) is 8.50. The summed E-state index contributed by atoms with van der Waals surface area (Å²) in [6.45, 7) is 5.39. The van der Waals surface area contributed by atoms with Gasteiger partial charge in [-0.05, 0) is 0 Å². The number of halogens is 2. The van der Waals surface area contributed by atoms with Crippen LogP contribution in [0.2, 0.25) is 37.3 Å². The van der Waals surface area contributed by atoms with E-state index in [2.05, 4.69) is 73.8 Å². The molecule has 2 atom stereocenters. The Balaban J connectivity index is 0.00000116. The normalized spacial score (nSPS) is 25.9. The molecule has 0 bridgehead atoms. The van der Waals surface area contributed by atoms with Crippen molar-refractivity contribution in [1.29, 1.82) is 0 Å². The van der Waals surface area contributed by atoms with Crippen molar-refractivity contribution in [3.63, 3.8) is 0 Å². The van der Waals surface area contributed by atoms with Crippen molar-refractivity contribution in [3.8, 4) is 0 Å². The maximum absolute atomic E-state index is 2.70. The quantitative estimate of drug-likeness (QED) is 0.496. The Bertz CT molecular complexity index is 969. The molecule has 31 heavy (non-hydrogen) atoms. The predicted octanol–water partition coefficient (Wildman–Crippen LogP) is 1.40. The summed E-state index contributed by atoms with van der Waals surface area (Å²) in [6, 6.07) is 25.0. The van der Waals surface area contributed by atoms with E-state index in [9.17, 15) is 0 Å². The molecule has 6 rings (SSSR count). The van der Waals surface area contributed by atoms with Crippen LogP contribution in [-0.4, -0.2) is 16.1 Å². The first kappa shape index (κ1) is 24.0. The number of benzene rings is 2. The third-order valence-corrected chi connectivity index (χ3v) is 24.1. The zero-order chi connectivity index (χ0) is 19.6. The summed E-state index contributed by atoms with van der Waals surface area (Å²) in [6.07, 6.45) is 8.32. The van der Waals surface area contributed by atoms with Crippen molar-refractivity contribution < 1.29 is 48.0 Å². The van der Waals surface area contributed by atoms with E-state index < -0.39 is 39.4 Å². The standard InChI is InChI=1S/2C13H15Si.2ClH.Zr/c2*1-14(7-4-8-14)13-9-11-5-2-3-6-12(11)10-13;;;/h2*2-3,5-6,9-10H,4,7-8H2,1H3;2*1H;/q;;;;+2/p-2. The SMILES string of the molecule is C[Si]1(C2=Cc3ccccc3[CH]2[Zr+2][CH]2C([Si]3(C)CCC3)=Cc3ccccc32)CCC1.[Cl-].[Cl-]. The predicted molar refractivity (Wildman–Crippen MR) is 126 cm³/mol. The monoisotopic (exact) mass is 558 g/mol. The van der Waals surface area contributed by atoms with E-state index in [4.69, 9.17) is 0 Å². The van der Waals surface area contributed by atoms with E-state index in [0.717, 1.165) is 7.25 Å². The average molecular weight is 561 g/mol. The molecule has 0 amide bonds. The molecule has 2 aromatic carbocycles. The Morgan fingerprint density at radius 1 is 0.645 bits per heavy atom. The maximum atomic E-state index is 2.70. The molecule has 5 heteroatoms. The molecule has 2 saturated heterocycles. The first-order valence-electron chi connectivity index (χ1n) is 11.5. The molecule has 2 fully saturated rings. The number of fused-ring (bicyclic) bond motifs is 2. The molecule has 2 aliphatic heterocycles. The van der Waals surface area contributed by atoms with Gasteiger partial charge in [0.15, 0.2) is 0 Å². The van der Waals surface area contributed by atoms with Crippen molar-refractivity contribution in [1.82, 2.24) is 0 Å². The second-order valence-corrected chi connectivity index (χ2v) is 23.4. The molecular weight excluding hydrogens is 531 g/mol. The van der Waals surface area contributed by atoms with Gasteiger partial charge in [0, 0.05) is 0 Å². The van der Waals surface area contributed by atoms with Gasteiger partial charge in [-0.15, -0.1) is 0 Å². The van der Waals surface area contributed by atoms with E-state index in [0.29, 0.717) is 0 Å². The fourth-order valence-electron chi connectivity index (χ4n) is 6.21. The van der Waals surface area contributed by atoms with Crippen molar-refractivity contribution in [3.05, 3.63) is 81.2 Å². The van der Waals surface area contributed by atoms with Gasteiger partial charge in [0.1, 0.15) is 0 Å². The molecule has 2 unspecified atom stereocenters. The summed E-state index contributed by atoms with van der Waals surface area (Å²) < 4.78 is 1.67. The van der Waals surface area contributed by atoms with Crippen molar-refractivity contribution in [2.45, 2.75) is 57.4 Å². The maximum Gasteiger partial charge on any atom is -1.00 e. The Hall–Kier alpha value is -0.183. The Kier molecular flexibility index (Phi) is 6.86. The smallest absolute Gasteiger partial charge is 1.00 e. The summed E-state index contributed by atoms with van der Waals surface area (Å²) in [5.41, 5.74) is 6.55. The van der Waals surface area contributed by atoms with Gasteiger partial charge in [-0.25, -0.2) is 0 Å². The van der Waals surface area contributed by atoms with Crippen LogP contribution < -0.4 is 24.8 Å². The van der Waals surface area contributed by atoms with Crippen LogP contribution in [0.4, 0.5) is 0 Å². The van der Waals surface area contributed by atoms with Gasteiger partial charge in [0.25, 0.3) is 0 Å². The van der Waals surface area contributed by atoms with E-state index in [1.807, 2.05) is 10.4 Å². The number of rotatable bonds is 4. The Labute approximate surface area is 213 Å². The van der Waals surface area contributed by atoms with E-state index in [1.165, 1.54) is 12.8 Å². The summed E-state index contributed by atoms with van der Waals surface area (Å²) in [4.78, 5) is 0. The minimum absolute atomic E-state index is 0. The van der Waals surface area contributed by atoms with Gasteiger partial charge < -0.3 is 24.8 Å². The van der Waals surface area contributed by atoms with Crippen LogP contribution in [0.15, 0.2) is 58.9 Å². The molecule has 2 heterocycles. The second-order valence-electron chi connectivity index (χ2n) is 10.3. The topological polar surface area (TPSA) is 0 Å². The summed E-state index contributed by atoms with van der Waals surface area (Å²) in [7, 11) is -2.31. The largest absolute Gasteiger partial charge is 1.00 e. The van der Waals surface area contributed by atoms with E-state index in [1.54, 1.807) is 46.4 Å². The second kappa shape index (κ2) is 8.88. The van der Waals surface area contributed by atoms with Gasteiger partial charge in [0.2, 0.25) is 0 Å². The van der Waals surface area contributed by atoms with Crippen molar-refractivity contribution in [2.75, 3.05) is 0 Å². The van der Waals surface area contributed by atoms with Gasteiger partial charge in [0.05, 0.1) is 0 Å². The summed E-state index contributed by atoms with van der Waals surface area (Å²) in [5, 5.41) is 3.92. The molecule has 0 nitrogen and oxygen atoms in total.